The molecule has 10 fully saturated rings. The molecule has 9 aliphatic carbocycles. The maximum absolute atomic E-state index is 4.15. The van der Waals surface area contributed by atoms with E-state index in [0.717, 1.165) is 80.3 Å². The SMILES string of the molecule is C[Si](C)(C)C1=CC(C(P)(C2CNCCN2)C2CNCCN2)=C(CP(C23CC4CC(CC(C4)C2)C3)C23CC4CC(CC(C4)C2)C3)C1[Si](C)(C)C. The highest BCUT2D eigenvalue weighted by Crippen LogP contribution is 2.80. The topological polar surface area (TPSA) is 48.1 Å². The number of piperazine rings is 2. The second-order valence-electron chi connectivity index (χ2n) is 21.8. The minimum absolute atomic E-state index is 0.0145. The van der Waals surface area contributed by atoms with Gasteiger partial charge in [-0.25, -0.2) is 0 Å². The Bertz CT molecular complexity index is 1220. The van der Waals surface area contributed by atoms with Crippen molar-refractivity contribution in [1.82, 2.24) is 21.3 Å². The Morgan fingerprint density at radius 1 is 0.673 bits per heavy atom. The molecule has 0 aromatic rings. The molecule has 8 heteroatoms. The van der Waals surface area contributed by atoms with Crippen LogP contribution in [0.2, 0.25) is 44.8 Å². The molecule has 11 aliphatic rings. The van der Waals surface area contributed by atoms with Crippen LogP contribution in [-0.2, 0) is 0 Å². The van der Waals surface area contributed by atoms with Crippen molar-refractivity contribution in [2.24, 2.45) is 35.5 Å². The minimum atomic E-state index is -1.59. The van der Waals surface area contributed by atoms with Gasteiger partial charge in [0.15, 0.2) is 0 Å². The average Bonchev–Trinajstić information content (AvgIpc) is 3.44. The Kier molecular flexibility index (Phi) is 9.07. The molecule has 2 aliphatic heterocycles. The van der Waals surface area contributed by atoms with Gasteiger partial charge in [-0.15, -0.1) is 9.24 Å². The van der Waals surface area contributed by atoms with E-state index >= 15 is 0 Å². The Morgan fingerprint density at radius 2 is 1.08 bits per heavy atom. The zero-order chi connectivity index (χ0) is 34.0. The van der Waals surface area contributed by atoms with Crippen LogP contribution in [0.1, 0.15) is 77.0 Å². The van der Waals surface area contributed by atoms with Gasteiger partial charge in [0.1, 0.15) is 0 Å². The predicted octanol–water partition coefficient (Wildman–Crippen LogP) is 7.97. The monoisotopic (exact) mass is 738 g/mol. The highest BCUT2D eigenvalue weighted by atomic mass is 31.1. The van der Waals surface area contributed by atoms with E-state index in [2.05, 4.69) is 75.9 Å². The first kappa shape index (κ1) is 35.3. The third-order valence-electron chi connectivity index (χ3n) is 16.2. The largest absolute Gasteiger partial charge is 0.314 e. The molecule has 0 spiro atoms. The van der Waals surface area contributed by atoms with Crippen molar-refractivity contribution in [3.05, 3.63) is 22.4 Å². The lowest BCUT2D eigenvalue weighted by Gasteiger charge is -2.68. The third kappa shape index (κ3) is 6.01. The summed E-state index contributed by atoms with van der Waals surface area (Å²) in [7, 11) is 0.412. The highest BCUT2D eigenvalue weighted by molar-refractivity contribution is 7.61. The molecule has 0 aromatic heterocycles. The van der Waals surface area contributed by atoms with Gasteiger partial charge >= 0.3 is 0 Å². The lowest BCUT2D eigenvalue weighted by atomic mass is 9.55. The first-order valence-electron chi connectivity index (χ1n) is 21.2. The van der Waals surface area contributed by atoms with Crippen LogP contribution in [-0.4, -0.2) is 89.1 Å². The molecule has 11 rings (SSSR count). The molecule has 2 saturated heterocycles. The zero-order valence-electron chi connectivity index (χ0n) is 32.2. The second kappa shape index (κ2) is 12.6. The zero-order valence-corrected chi connectivity index (χ0v) is 36.3. The third-order valence-corrected chi connectivity index (χ3v) is 26.2. The van der Waals surface area contributed by atoms with Gasteiger partial charge in [-0.05, 0) is 140 Å². The molecule has 0 amide bonds. The van der Waals surface area contributed by atoms with E-state index in [1.54, 1.807) is 77.0 Å². The normalized spacial score (nSPS) is 46.7. The van der Waals surface area contributed by atoms with Crippen LogP contribution in [0, 0.1) is 35.5 Å². The number of hydrogen-bond donors (Lipinski definition) is 4. The van der Waals surface area contributed by atoms with Gasteiger partial charge in [0.25, 0.3) is 0 Å². The summed E-state index contributed by atoms with van der Waals surface area (Å²) in [6, 6.07) is 0.858. The molecule has 8 saturated carbocycles. The predicted molar refractivity (Wildman–Crippen MR) is 221 cm³/mol. The molecule has 0 aromatic carbocycles. The van der Waals surface area contributed by atoms with Crippen molar-refractivity contribution in [3.8, 4) is 0 Å². The van der Waals surface area contributed by atoms with Crippen molar-refractivity contribution >= 4 is 33.3 Å². The minimum Gasteiger partial charge on any atom is -0.314 e. The molecule has 8 bridgehead atoms. The lowest BCUT2D eigenvalue weighted by Crippen LogP contribution is -2.68. The van der Waals surface area contributed by atoms with Gasteiger partial charge in [-0.2, -0.15) is 0 Å². The van der Waals surface area contributed by atoms with Crippen LogP contribution in [0.3, 0.4) is 0 Å². The van der Waals surface area contributed by atoms with E-state index in [9.17, 15) is 0 Å². The summed E-state index contributed by atoms with van der Waals surface area (Å²) in [6.07, 6.45) is 23.7. The Labute approximate surface area is 306 Å². The van der Waals surface area contributed by atoms with Crippen LogP contribution in [0.4, 0.5) is 0 Å². The Morgan fingerprint density at radius 3 is 1.41 bits per heavy atom. The Balaban J connectivity index is 1.23. The van der Waals surface area contributed by atoms with E-state index in [1.807, 2.05) is 16.3 Å². The van der Waals surface area contributed by atoms with E-state index < -0.39 is 16.1 Å². The van der Waals surface area contributed by atoms with E-state index in [1.165, 1.54) is 6.16 Å². The van der Waals surface area contributed by atoms with Gasteiger partial charge in [0, 0.05) is 56.5 Å². The summed E-state index contributed by atoms with van der Waals surface area (Å²) in [6.45, 7) is 22.9. The van der Waals surface area contributed by atoms with E-state index in [-0.39, 0.29) is 13.1 Å². The maximum Gasteiger partial charge on any atom is 0.0728 e. The summed E-state index contributed by atoms with van der Waals surface area (Å²) >= 11 is 0. The fourth-order valence-electron chi connectivity index (χ4n) is 15.3. The highest BCUT2D eigenvalue weighted by Gasteiger charge is 2.63. The van der Waals surface area contributed by atoms with Gasteiger partial charge in [0.2, 0.25) is 0 Å². The van der Waals surface area contributed by atoms with Gasteiger partial charge in [-0.3, -0.25) is 0 Å². The molecule has 2 heterocycles. The van der Waals surface area contributed by atoms with Crippen molar-refractivity contribution < 1.29 is 0 Å². The number of rotatable bonds is 9. The van der Waals surface area contributed by atoms with Crippen molar-refractivity contribution in [2.45, 2.75) is 149 Å². The molecular weight excluding hydrogens is 667 g/mol. The number of allylic oxidation sites excluding steroid dienone is 3. The molecule has 4 nitrogen and oxygen atoms in total. The van der Waals surface area contributed by atoms with Gasteiger partial charge in [0.05, 0.1) is 16.1 Å². The summed E-state index contributed by atoms with van der Waals surface area (Å²) in [5.74, 6) is 6.34. The smallest absolute Gasteiger partial charge is 0.0728 e. The van der Waals surface area contributed by atoms with E-state index in [0.29, 0.717) is 22.4 Å². The summed E-state index contributed by atoms with van der Waals surface area (Å²) in [5.41, 5.74) is 4.56. The van der Waals surface area contributed by atoms with Crippen molar-refractivity contribution in [2.75, 3.05) is 45.4 Å². The molecule has 4 N–H and O–H groups in total. The van der Waals surface area contributed by atoms with Crippen LogP contribution in [0.15, 0.2) is 22.4 Å². The number of hydrogen-bond acceptors (Lipinski definition) is 4. The van der Waals surface area contributed by atoms with Crippen molar-refractivity contribution in [3.63, 3.8) is 0 Å². The molecule has 49 heavy (non-hydrogen) atoms. The average molecular weight is 739 g/mol. The quantitative estimate of drug-likeness (QED) is 0.143. The molecule has 4 unspecified atom stereocenters. The number of nitrogens with one attached hydrogen (secondary N) is 4. The first-order valence-corrected chi connectivity index (χ1v) is 30.3. The molecule has 4 atom stereocenters. The molecular formula is C41H72N4P2Si2. The standard InChI is InChI=1S/C41H72N4P2Si2/c1-48(2,3)35-17-34(41(46,36-24-42-7-9-44-36)37-25-43-8-10-45-37)33(38(35)49(4,5)6)26-47(39-18-27-11-28(19-39)13-29(12-27)20-39)40-21-30-14-31(22-40)16-32(15-30)23-40/h17,27-32,36-38,42-45H,7-16,18-26,46H2,1-6H3. The summed E-state index contributed by atoms with van der Waals surface area (Å²) in [5, 5.41) is 19.3. The van der Waals surface area contributed by atoms with Crippen LogP contribution < -0.4 is 21.3 Å². The lowest BCUT2D eigenvalue weighted by molar-refractivity contribution is 0.0187. The Hall–Kier alpha value is 0.614. The van der Waals surface area contributed by atoms with Crippen LogP contribution in [0.25, 0.3) is 0 Å². The van der Waals surface area contributed by atoms with Gasteiger partial charge in [-0.1, -0.05) is 64.0 Å². The van der Waals surface area contributed by atoms with Crippen LogP contribution in [0.5, 0.6) is 0 Å². The maximum atomic E-state index is 4.15. The van der Waals surface area contributed by atoms with Crippen molar-refractivity contribution in [1.29, 1.82) is 0 Å². The first-order chi connectivity index (χ1) is 23.3. The molecule has 0 radical (unpaired) electrons. The summed E-state index contributed by atoms with van der Waals surface area (Å²) in [4.78, 5) is 0. The second-order valence-corrected chi connectivity index (χ2v) is 36.2. The van der Waals surface area contributed by atoms with Crippen LogP contribution >= 0.6 is 17.2 Å². The van der Waals surface area contributed by atoms with Gasteiger partial charge < -0.3 is 21.3 Å². The molecule has 274 valence electrons. The fourth-order valence-corrected chi connectivity index (χ4v) is 28.0. The summed E-state index contributed by atoms with van der Waals surface area (Å²) < 4.78 is 0. The fraction of sp³-hybridized carbons (Fsp3) is 0.902. The van der Waals surface area contributed by atoms with E-state index in [4.69, 9.17) is 0 Å².